The molecule has 0 spiro atoms. The number of morpholine rings is 1. The van der Waals surface area contributed by atoms with Crippen LogP contribution in [0.15, 0.2) is 34.6 Å². The van der Waals surface area contributed by atoms with Gasteiger partial charge in [-0.1, -0.05) is 23.7 Å². The lowest BCUT2D eigenvalue weighted by Crippen LogP contribution is -2.46. The van der Waals surface area contributed by atoms with Crippen LogP contribution >= 0.6 is 46.9 Å². The van der Waals surface area contributed by atoms with Gasteiger partial charge in [-0.3, -0.25) is 9.89 Å². The number of halogens is 2. The fourth-order valence-electron chi connectivity index (χ4n) is 3.43. The third-order valence-electron chi connectivity index (χ3n) is 4.81. The number of ether oxygens (including phenoxy) is 1. The van der Waals surface area contributed by atoms with Crippen molar-refractivity contribution in [1.82, 2.24) is 20.1 Å². The third kappa shape index (κ3) is 7.06. The maximum Gasteiger partial charge on any atom is 0.193 e. The molecule has 6 nitrogen and oxygen atoms in total. The van der Waals surface area contributed by atoms with Gasteiger partial charge in [-0.25, -0.2) is 4.98 Å². The van der Waals surface area contributed by atoms with Crippen LogP contribution in [0.5, 0.6) is 0 Å². The molecule has 2 heterocycles. The lowest BCUT2D eigenvalue weighted by atomic mass is 10.0. The molecule has 0 saturated carbocycles. The highest BCUT2D eigenvalue weighted by Gasteiger charge is 2.23. The first-order valence-electron chi connectivity index (χ1n) is 9.47. The average Bonchev–Trinajstić information content (AvgIpc) is 3.10. The summed E-state index contributed by atoms with van der Waals surface area (Å²) < 4.78 is 5.54. The molecule has 1 aliphatic heterocycles. The second-order valence-electron chi connectivity index (χ2n) is 6.86. The van der Waals surface area contributed by atoms with Crippen molar-refractivity contribution in [3.05, 3.63) is 50.9 Å². The largest absolute Gasteiger partial charge is 0.379 e. The summed E-state index contributed by atoms with van der Waals surface area (Å²) in [6.45, 7) is 6.83. The molecule has 0 bridgehead atoms. The summed E-state index contributed by atoms with van der Waals surface area (Å²) in [7, 11) is 3.85. The molecule has 1 aliphatic rings. The zero-order valence-electron chi connectivity index (χ0n) is 17.1. The summed E-state index contributed by atoms with van der Waals surface area (Å²) in [5.74, 6) is 0.853. The summed E-state index contributed by atoms with van der Waals surface area (Å²) in [6, 6.07) is 8.31. The zero-order valence-corrected chi connectivity index (χ0v) is 21.0. The van der Waals surface area contributed by atoms with Crippen LogP contribution in [0.1, 0.15) is 22.3 Å². The van der Waals surface area contributed by atoms with Crippen LogP contribution in [0, 0.1) is 6.92 Å². The minimum absolute atomic E-state index is 0. The van der Waals surface area contributed by atoms with E-state index in [2.05, 4.69) is 36.5 Å². The highest BCUT2D eigenvalue weighted by Crippen LogP contribution is 2.24. The fraction of sp³-hybridized carbons (Fsp3) is 0.500. The number of nitrogens with zero attached hydrogens (tertiary/aromatic N) is 4. The molecule has 1 saturated heterocycles. The number of thiazole rings is 1. The van der Waals surface area contributed by atoms with E-state index in [1.54, 1.807) is 11.3 Å². The first kappa shape index (κ1) is 24.3. The predicted octanol–water partition coefficient (Wildman–Crippen LogP) is 3.80. The van der Waals surface area contributed by atoms with E-state index in [4.69, 9.17) is 16.3 Å². The quantitative estimate of drug-likeness (QED) is 0.338. The Morgan fingerprint density at radius 3 is 2.79 bits per heavy atom. The first-order valence-corrected chi connectivity index (χ1v) is 10.7. The molecule has 0 aliphatic carbocycles. The summed E-state index contributed by atoms with van der Waals surface area (Å²) >= 11 is 7.93. The molecule has 29 heavy (non-hydrogen) atoms. The Morgan fingerprint density at radius 1 is 1.41 bits per heavy atom. The monoisotopic (exact) mass is 549 g/mol. The standard InChI is InChI=1S/C20H28ClN5OS.HI/c1-15-24-18(14-28-15)13-25(3)20(22-2)23-12-19(26-7-9-27-10-8-26)16-5-4-6-17(21)11-16;/h4-6,11,14,19H,7-10,12-13H2,1-3H3,(H,22,23);1H. The van der Waals surface area contributed by atoms with Crippen molar-refractivity contribution >= 4 is 52.9 Å². The number of aliphatic imine (C=N–C) groups is 1. The molecule has 1 N–H and O–H groups in total. The van der Waals surface area contributed by atoms with E-state index >= 15 is 0 Å². The summed E-state index contributed by atoms with van der Waals surface area (Å²) in [5.41, 5.74) is 2.27. The van der Waals surface area contributed by atoms with Crippen molar-refractivity contribution < 1.29 is 4.74 Å². The average molecular weight is 550 g/mol. The molecule has 1 atom stereocenters. The van der Waals surface area contributed by atoms with E-state index in [0.717, 1.165) is 61.1 Å². The van der Waals surface area contributed by atoms with Crippen LogP contribution in [-0.4, -0.2) is 67.7 Å². The molecule has 2 aromatic rings. The van der Waals surface area contributed by atoms with Crippen molar-refractivity contribution in [3.8, 4) is 0 Å². The first-order chi connectivity index (χ1) is 13.6. The van der Waals surface area contributed by atoms with Gasteiger partial charge in [-0.2, -0.15) is 0 Å². The van der Waals surface area contributed by atoms with Gasteiger partial charge in [0.25, 0.3) is 0 Å². The molecule has 0 radical (unpaired) electrons. The number of benzene rings is 1. The molecule has 0 amide bonds. The Labute approximate surface area is 199 Å². The van der Waals surface area contributed by atoms with Crippen molar-refractivity contribution in [3.63, 3.8) is 0 Å². The van der Waals surface area contributed by atoms with Crippen LogP contribution in [0.2, 0.25) is 5.02 Å². The minimum Gasteiger partial charge on any atom is -0.379 e. The topological polar surface area (TPSA) is 53.0 Å². The number of rotatable bonds is 6. The summed E-state index contributed by atoms with van der Waals surface area (Å²) in [6.07, 6.45) is 0. The molecule has 1 fully saturated rings. The van der Waals surface area contributed by atoms with Crippen molar-refractivity contribution in [1.29, 1.82) is 0 Å². The lowest BCUT2D eigenvalue weighted by molar-refractivity contribution is 0.0169. The number of hydrogen-bond acceptors (Lipinski definition) is 5. The third-order valence-corrected chi connectivity index (χ3v) is 5.87. The highest BCUT2D eigenvalue weighted by molar-refractivity contribution is 14.0. The van der Waals surface area contributed by atoms with Gasteiger partial charge in [0.2, 0.25) is 0 Å². The van der Waals surface area contributed by atoms with Crippen LogP contribution < -0.4 is 5.32 Å². The Kier molecular flexibility index (Phi) is 10.1. The van der Waals surface area contributed by atoms with E-state index in [1.165, 1.54) is 5.56 Å². The summed E-state index contributed by atoms with van der Waals surface area (Å²) in [4.78, 5) is 13.6. The Morgan fingerprint density at radius 2 is 2.17 bits per heavy atom. The highest BCUT2D eigenvalue weighted by atomic mass is 127. The maximum atomic E-state index is 6.26. The van der Waals surface area contributed by atoms with Gasteiger partial charge < -0.3 is 15.0 Å². The van der Waals surface area contributed by atoms with Crippen LogP contribution in [0.3, 0.4) is 0 Å². The molecular weight excluding hydrogens is 521 g/mol. The smallest absolute Gasteiger partial charge is 0.193 e. The van der Waals surface area contributed by atoms with Gasteiger partial charge in [-0.15, -0.1) is 35.3 Å². The maximum absolute atomic E-state index is 6.26. The molecule has 1 aromatic carbocycles. The second-order valence-corrected chi connectivity index (χ2v) is 8.36. The lowest BCUT2D eigenvalue weighted by Gasteiger charge is -2.35. The van der Waals surface area contributed by atoms with Gasteiger partial charge in [0.1, 0.15) is 0 Å². The van der Waals surface area contributed by atoms with Gasteiger partial charge in [0.05, 0.1) is 36.5 Å². The van der Waals surface area contributed by atoms with Crippen LogP contribution in [-0.2, 0) is 11.3 Å². The Balaban J connectivity index is 0.00000300. The van der Waals surface area contributed by atoms with E-state index in [0.29, 0.717) is 0 Å². The number of aryl methyl sites for hydroxylation is 1. The molecular formula is C20H29ClIN5OS. The summed E-state index contributed by atoms with van der Waals surface area (Å²) in [5, 5.41) is 7.48. The number of hydrogen-bond donors (Lipinski definition) is 1. The SMILES string of the molecule is CN=C(NCC(c1cccc(Cl)c1)N1CCOCC1)N(C)Cc1csc(C)n1.I. The fourth-order valence-corrected chi connectivity index (χ4v) is 4.23. The van der Waals surface area contributed by atoms with Crippen LogP contribution in [0.4, 0.5) is 0 Å². The second kappa shape index (κ2) is 12.0. The van der Waals surface area contributed by atoms with Gasteiger partial charge in [-0.05, 0) is 24.6 Å². The Hall–Kier alpha value is -0.940. The number of aromatic nitrogens is 1. The number of nitrogens with one attached hydrogen (secondary N) is 1. The molecule has 1 aromatic heterocycles. The van der Waals surface area contributed by atoms with Crippen molar-refractivity contribution in [2.24, 2.45) is 4.99 Å². The number of guanidine groups is 1. The molecule has 3 rings (SSSR count). The van der Waals surface area contributed by atoms with Crippen LogP contribution in [0.25, 0.3) is 0 Å². The van der Waals surface area contributed by atoms with Gasteiger partial charge in [0, 0.05) is 44.1 Å². The van der Waals surface area contributed by atoms with E-state index in [-0.39, 0.29) is 30.0 Å². The Bertz CT molecular complexity index is 797. The van der Waals surface area contributed by atoms with Crippen molar-refractivity contribution in [2.75, 3.05) is 46.9 Å². The zero-order chi connectivity index (χ0) is 19.9. The van der Waals surface area contributed by atoms with E-state index in [9.17, 15) is 0 Å². The van der Waals surface area contributed by atoms with Gasteiger partial charge >= 0.3 is 0 Å². The minimum atomic E-state index is 0. The predicted molar refractivity (Wildman–Crippen MR) is 132 cm³/mol. The normalized spacial score (nSPS) is 16.2. The van der Waals surface area contributed by atoms with Crippen molar-refractivity contribution in [2.45, 2.75) is 19.5 Å². The van der Waals surface area contributed by atoms with E-state index < -0.39 is 0 Å². The van der Waals surface area contributed by atoms with Gasteiger partial charge in [0.15, 0.2) is 5.96 Å². The molecule has 160 valence electrons. The molecule has 9 heteroatoms. The molecule has 1 unspecified atom stereocenters. The van der Waals surface area contributed by atoms with E-state index in [1.807, 2.05) is 39.2 Å².